The third-order valence-corrected chi connectivity index (χ3v) is 6.17. The minimum absolute atomic E-state index is 0.167. The molecule has 2 aromatic rings. The molecule has 1 aliphatic heterocycles. The first-order valence-corrected chi connectivity index (χ1v) is 9.32. The lowest BCUT2D eigenvalue weighted by molar-refractivity contribution is 0.0482. The van der Waals surface area contributed by atoms with Crippen molar-refractivity contribution in [3.8, 4) is 0 Å². The van der Waals surface area contributed by atoms with Crippen LogP contribution < -0.4 is 5.56 Å². The van der Waals surface area contributed by atoms with Gasteiger partial charge in [0.2, 0.25) is 0 Å². The average molecular weight is 343 g/mol. The lowest BCUT2D eigenvalue weighted by atomic mass is 9.71. The Morgan fingerprint density at radius 2 is 2.21 bits per heavy atom. The quantitative estimate of drug-likeness (QED) is 0.748. The highest BCUT2D eigenvalue weighted by Crippen LogP contribution is 2.40. The van der Waals surface area contributed by atoms with Crippen LogP contribution in [0.4, 0.5) is 0 Å². The summed E-state index contributed by atoms with van der Waals surface area (Å²) >= 11 is 1.46. The summed E-state index contributed by atoms with van der Waals surface area (Å²) in [4.78, 5) is 33.4. The van der Waals surface area contributed by atoms with Crippen LogP contribution in [0, 0.1) is 12.3 Å². The molecule has 0 bridgehead atoms. The van der Waals surface area contributed by atoms with Crippen LogP contribution in [0.5, 0.6) is 0 Å². The zero-order valence-corrected chi connectivity index (χ0v) is 14.6. The monoisotopic (exact) mass is 343 g/mol. The molecule has 1 amide bonds. The van der Waals surface area contributed by atoms with Gasteiger partial charge in [-0.2, -0.15) is 0 Å². The third-order valence-electron chi connectivity index (χ3n) is 5.26. The number of rotatable bonds is 1. The fourth-order valence-corrected chi connectivity index (χ4v) is 4.79. The van der Waals surface area contributed by atoms with Gasteiger partial charge >= 0.3 is 0 Å². The molecule has 3 heterocycles. The van der Waals surface area contributed by atoms with Crippen molar-refractivity contribution in [2.45, 2.75) is 39.0 Å². The van der Waals surface area contributed by atoms with E-state index in [1.54, 1.807) is 6.20 Å². The summed E-state index contributed by atoms with van der Waals surface area (Å²) in [5.41, 5.74) is 0.140. The maximum absolute atomic E-state index is 13.0. The van der Waals surface area contributed by atoms with Crippen molar-refractivity contribution >= 4 is 22.2 Å². The molecule has 6 heteroatoms. The van der Waals surface area contributed by atoms with E-state index in [1.807, 2.05) is 11.8 Å². The van der Waals surface area contributed by atoms with Gasteiger partial charge in [-0.25, -0.2) is 4.98 Å². The second kappa shape index (κ2) is 5.84. The number of likely N-dealkylation sites (tertiary alicyclic amines) is 1. The minimum Gasteiger partial charge on any atom is -0.338 e. The molecule has 126 valence electrons. The Hall–Kier alpha value is -1.95. The SMILES string of the molecule is Cc1cn2c(=O)c(C(=O)N3CCC[C@@]4(CC=CCC4)C3)cnc2s1. The van der Waals surface area contributed by atoms with Crippen molar-refractivity contribution in [2.24, 2.45) is 5.41 Å². The summed E-state index contributed by atoms with van der Waals surface area (Å²) in [6.07, 6.45) is 13.1. The van der Waals surface area contributed by atoms with E-state index >= 15 is 0 Å². The molecule has 1 fully saturated rings. The molecule has 1 saturated heterocycles. The molecule has 0 unspecified atom stereocenters. The van der Waals surface area contributed by atoms with E-state index in [4.69, 9.17) is 0 Å². The third kappa shape index (κ3) is 2.59. The first-order valence-electron chi connectivity index (χ1n) is 8.50. The van der Waals surface area contributed by atoms with Crippen LogP contribution in [-0.2, 0) is 0 Å². The van der Waals surface area contributed by atoms with Gasteiger partial charge in [-0.15, -0.1) is 11.3 Å². The zero-order valence-electron chi connectivity index (χ0n) is 13.8. The van der Waals surface area contributed by atoms with Gasteiger partial charge in [-0.05, 0) is 44.4 Å². The Morgan fingerprint density at radius 1 is 1.33 bits per heavy atom. The van der Waals surface area contributed by atoms with Gasteiger partial charge in [0.1, 0.15) is 5.56 Å². The lowest BCUT2D eigenvalue weighted by Gasteiger charge is -2.43. The minimum atomic E-state index is -0.252. The van der Waals surface area contributed by atoms with Gasteiger partial charge in [-0.3, -0.25) is 14.0 Å². The van der Waals surface area contributed by atoms with Crippen molar-refractivity contribution in [2.75, 3.05) is 13.1 Å². The van der Waals surface area contributed by atoms with Crippen LogP contribution in [0.15, 0.2) is 29.3 Å². The number of thiazole rings is 1. The molecular weight excluding hydrogens is 322 g/mol. The molecule has 5 nitrogen and oxygen atoms in total. The van der Waals surface area contributed by atoms with Gasteiger partial charge in [0.25, 0.3) is 11.5 Å². The van der Waals surface area contributed by atoms with Crippen molar-refractivity contribution in [1.29, 1.82) is 0 Å². The van der Waals surface area contributed by atoms with Gasteiger partial charge in [0.05, 0.1) is 0 Å². The molecule has 0 aromatic carbocycles. The predicted molar refractivity (Wildman–Crippen MR) is 94.6 cm³/mol. The highest BCUT2D eigenvalue weighted by Gasteiger charge is 2.37. The Bertz CT molecular complexity index is 882. The summed E-state index contributed by atoms with van der Waals surface area (Å²) in [6, 6.07) is 0. The van der Waals surface area contributed by atoms with Crippen LogP contribution >= 0.6 is 11.3 Å². The van der Waals surface area contributed by atoms with Crippen molar-refractivity contribution in [3.05, 3.63) is 45.3 Å². The molecule has 2 aliphatic rings. The number of hydrogen-bond acceptors (Lipinski definition) is 4. The van der Waals surface area contributed by atoms with Gasteiger partial charge in [0.15, 0.2) is 4.96 Å². The molecule has 0 saturated carbocycles. The van der Waals surface area contributed by atoms with Crippen LogP contribution in [-0.4, -0.2) is 33.3 Å². The number of amides is 1. The van der Waals surface area contributed by atoms with E-state index in [0.717, 1.165) is 43.6 Å². The number of hydrogen-bond donors (Lipinski definition) is 0. The number of fused-ring (bicyclic) bond motifs is 1. The number of allylic oxidation sites excluding steroid dienone is 2. The maximum atomic E-state index is 13.0. The van der Waals surface area contributed by atoms with E-state index in [2.05, 4.69) is 17.1 Å². The largest absolute Gasteiger partial charge is 0.338 e. The van der Waals surface area contributed by atoms with Gasteiger partial charge in [-0.1, -0.05) is 12.2 Å². The number of carbonyl (C=O) groups is 1. The number of carbonyl (C=O) groups excluding carboxylic acids is 1. The predicted octanol–water partition coefficient (Wildman–Crippen LogP) is 3.03. The second-order valence-corrected chi connectivity index (χ2v) is 8.23. The second-order valence-electron chi connectivity index (χ2n) is 7.02. The highest BCUT2D eigenvalue weighted by molar-refractivity contribution is 7.16. The molecule has 0 radical (unpaired) electrons. The molecule has 1 spiro atoms. The maximum Gasteiger partial charge on any atom is 0.271 e. The summed E-state index contributed by atoms with van der Waals surface area (Å²) in [5.74, 6) is -0.167. The Morgan fingerprint density at radius 3 is 3.00 bits per heavy atom. The summed E-state index contributed by atoms with van der Waals surface area (Å²) in [7, 11) is 0. The number of nitrogens with zero attached hydrogens (tertiary/aromatic N) is 3. The fraction of sp³-hybridized carbons (Fsp3) is 0.500. The van der Waals surface area contributed by atoms with E-state index in [-0.39, 0.29) is 22.4 Å². The van der Waals surface area contributed by atoms with Crippen LogP contribution in [0.1, 0.15) is 47.3 Å². The summed E-state index contributed by atoms with van der Waals surface area (Å²) in [6.45, 7) is 3.42. The summed E-state index contributed by atoms with van der Waals surface area (Å²) < 4.78 is 1.50. The molecule has 0 N–H and O–H groups in total. The number of aryl methyl sites for hydroxylation is 1. The average Bonchev–Trinajstić information content (AvgIpc) is 2.97. The molecule has 1 atom stereocenters. The standard InChI is InChI=1S/C18H21N3O2S/c1-13-11-21-16(23)14(10-19-17(21)24-13)15(22)20-9-5-8-18(12-20)6-3-2-4-7-18/h2-3,10-11H,4-9,12H2,1H3/t18-/m0/s1. The van der Waals surface area contributed by atoms with E-state index in [0.29, 0.717) is 4.96 Å². The first-order chi connectivity index (χ1) is 11.6. The van der Waals surface area contributed by atoms with E-state index in [1.165, 1.54) is 28.4 Å². The molecule has 4 rings (SSSR count). The Balaban J connectivity index is 1.64. The number of piperidine rings is 1. The molecule has 24 heavy (non-hydrogen) atoms. The Kier molecular flexibility index (Phi) is 3.79. The molecular formula is C18H21N3O2S. The molecule has 2 aromatic heterocycles. The van der Waals surface area contributed by atoms with Crippen LogP contribution in [0.25, 0.3) is 4.96 Å². The smallest absolute Gasteiger partial charge is 0.271 e. The topological polar surface area (TPSA) is 54.7 Å². The zero-order chi connectivity index (χ0) is 16.7. The van der Waals surface area contributed by atoms with Crippen molar-refractivity contribution in [1.82, 2.24) is 14.3 Å². The highest BCUT2D eigenvalue weighted by atomic mass is 32.1. The fourth-order valence-electron chi connectivity index (χ4n) is 4.01. The van der Waals surface area contributed by atoms with Crippen molar-refractivity contribution in [3.63, 3.8) is 0 Å². The number of aromatic nitrogens is 2. The van der Waals surface area contributed by atoms with Gasteiger partial charge < -0.3 is 4.90 Å². The Labute approximate surface area is 144 Å². The lowest BCUT2D eigenvalue weighted by Crippen LogP contribution is -2.47. The van der Waals surface area contributed by atoms with Gasteiger partial charge in [0, 0.05) is 30.4 Å². The summed E-state index contributed by atoms with van der Waals surface area (Å²) in [5, 5.41) is 0. The molecule has 1 aliphatic carbocycles. The van der Waals surface area contributed by atoms with Crippen LogP contribution in [0.3, 0.4) is 0 Å². The first kappa shape index (κ1) is 15.6. The van der Waals surface area contributed by atoms with E-state index in [9.17, 15) is 9.59 Å². The van der Waals surface area contributed by atoms with Crippen LogP contribution in [0.2, 0.25) is 0 Å². The van der Waals surface area contributed by atoms with Crippen molar-refractivity contribution < 1.29 is 4.79 Å². The van der Waals surface area contributed by atoms with E-state index < -0.39 is 0 Å². The normalized spacial score (nSPS) is 24.0.